The summed E-state index contributed by atoms with van der Waals surface area (Å²) in [6.07, 6.45) is 4.49. The third kappa shape index (κ3) is 2.83. The Balaban J connectivity index is 2.20. The molecule has 2 fully saturated rings. The fourth-order valence-electron chi connectivity index (χ4n) is 3.14. The Hall–Kier alpha value is -0.910. The van der Waals surface area contributed by atoms with Crippen molar-refractivity contribution in [3.63, 3.8) is 0 Å². The normalized spacial score (nSPS) is 28.2. The van der Waals surface area contributed by atoms with Crippen LogP contribution in [0.15, 0.2) is 5.16 Å². The highest BCUT2D eigenvalue weighted by Crippen LogP contribution is 2.39. The molecule has 0 aromatic heterocycles. The van der Waals surface area contributed by atoms with Crippen LogP contribution in [0.1, 0.15) is 39.0 Å². The summed E-state index contributed by atoms with van der Waals surface area (Å²) in [5, 5.41) is 12.7. The van der Waals surface area contributed by atoms with E-state index in [4.69, 9.17) is 10.9 Å². The van der Waals surface area contributed by atoms with Gasteiger partial charge in [0.15, 0.2) is 5.84 Å². The van der Waals surface area contributed by atoms with Crippen LogP contribution >= 0.6 is 11.8 Å². The Morgan fingerprint density at radius 1 is 1.42 bits per heavy atom. The van der Waals surface area contributed by atoms with Crippen LogP contribution in [0.2, 0.25) is 0 Å². The van der Waals surface area contributed by atoms with E-state index in [-0.39, 0.29) is 11.7 Å². The van der Waals surface area contributed by atoms with Crippen molar-refractivity contribution in [3.8, 4) is 0 Å². The minimum absolute atomic E-state index is 0.0645. The molecule has 2 rings (SSSR count). The lowest BCUT2D eigenvalue weighted by Crippen LogP contribution is -2.55. The number of oxime groups is 1. The second-order valence-electron chi connectivity index (χ2n) is 5.56. The monoisotopic (exact) mass is 285 g/mol. The minimum Gasteiger partial charge on any atom is -0.409 e. The highest BCUT2D eigenvalue weighted by molar-refractivity contribution is 7.99. The van der Waals surface area contributed by atoms with E-state index >= 15 is 0 Å². The highest BCUT2D eigenvalue weighted by atomic mass is 32.2. The second kappa shape index (κ2) is 6.03. The van der Waals surface area contributed by atoms with Crippen LogP contribution in [0, 0.1) is 5.41 Å². The first kappa shape index (κ1) is 14.5. The number of hydrogen-bond donors (Lipinski definition) is 2. The Kier molecular flexibility index (Phi) is 4.60. The molecule has 1 saturated heterocycles. The van der Waals surface area contributed by atoms with Crippen LogP contribution in [0.4, 0.5) is 0 Å². The molecule has 3 N–H and O–H groups in total. The van der Waals surface area contributed by atoms with Crippen LogP contribution in [0.25, 0.3) is 0 Å². The molecule has 1 saturated carbocycles. The lowest BCUT2D eigenvalue weighted by atomic mass is 9.72. The number of amidine groups is 1. The summed E-state index contributed by atoms with van der Waals surface area (Å²) in [7, 11) is 0. The number of nitrogens with zero attached hydrogens (tertiary/aromatic N) is 2. The van der Waals surface area contributed by atoms with E-state index in [1.54, 1.807) is 0 Å². The van der Waals surface area contributed by atoms with Gasteiger partial charge in [0.05, 0.1) is 0 Å². The van der Waals surface area contributed by atoms with Crippen LogP contribution in [0.3, 0.4) is 0 Å². The van der Waals surface area contributed by atoms with Gasteiger partial charge in [-0.2, -0.15) is 11.8 Å². The number of nitrogens with two attached hydrogens (primary N) is 1. The number of carbonyl (C=O) groups is 1. The van der Waals surface area contributed by atoms with E-state index in [1.165, 1.54) is 0 Å². The van der Waals surface area contributed by atoms with E-state index in [2.05, 4.69) is 12.1 Å². The van der Waals surface area contributed by atoms with E-state index in [0.29, 0.717) is 18.1 Å². The molecule has 0 bridgehead atoms. The van der Waals surface area contributed by atoms with Crippen molar-refractivity contribution in [1.29, 1.82) is 0 Å². The van der Waals surface area contributed by atoms with Gasteiger partial charge < -0.3 is 15.8 Å². The van der Waals surface area contributed by atoms with Crippen LogP contribution in [0.5, 0.6) is 0 Å². The quantitative estimate of drug-likeness (QED) is 0.350. The molecule has 0 aromatic carbocycles. The van der Waals surface area contributed by atoms with Gasteiger partial charge in [-0.25, -0.2) is 0 Å². The van der Waals surface area contributed by atoms with Gasteiger partial charge in [0, 0.05) is 24.1 Å². The van der Waals surface area contributed by atoms with E-state index in [9.17, 15) is 4.79 Å². The molecule has 2 aliphatic rings. The molecule has 1 aliphatic heterocycles. The zero-order valence-corrected chi connectivity index (χ0v) is 12.3. The minimum atomic E-state index is -0.755. The number of hydrogen-bond acceptors (Lipinski definition) is 4. The lowest BCUT2D eigenvalue weighted by Gasteiger charge is -2.41. The zero-order valence-electron chi connectivity index (χ0n) is 11.5. The van der Waals surface area contributed by atoms with E-state index in [0.717, 1.165) is 38.1 Å². The molecular formula is C13H23N3O2S. The van der Waals surface area contributed by atoms with Crippen LogP contribution in [-0.4, -0.2) is 45.9 Å². The van der Waals surface area contributed by atoms with Crippen molar-refractivity contribution < 1.29 is 10.0 Å². The molecule has 1 unspecified atom stereocenters. The molecule has 1 amide bonds. The first-order chi connectivity index (χ1) is 9.10. The number of rotatable bonds is 2. The average molecular weight is 285 g/mol. The van der Waals surface area contributed by atoms with Crippen LogP contribution in [-0.2, 0) is 4.79 Å². The van der Waals surface area contributed by atoms with Crippen molar-refractivity contribution in [1.82, 2.24) is 4.90 Å². The summed E-state index contributed by atoms with van der Waals surface area (Å²) in [5.41, 5.74) is 5.12. The van der Waals surface area contributed by atoms with Gasteiger partial charge in [-0.15, -0.1) is 0 Å². The predicted octanol–water partition coefficient (Wildman–Crippen LogP) is 1.65. The fraction of sp³-hybridized carbons (Fsp3) is 0.846. The molecule has 6 heteroatoms. The molecule has 5 nitrogen and oxygen atoms in total. The predicted molar refractivity (Wildman–Crippen MR) is 77.4 cm³/mol. The first-order valence-corrected chi connectivity index (χ1v) is 8.04. The molecular weight excluding hydrogens is 262 g/mol. The van der Waals surface area contributed by atoms with Gasteiger partial charge in [-0.05, 0) is 12.8 Å². The largest absolute Gasteiger partial charge is 0.409 e. The Labute approximate surface area is 118 Å². The summed E-state index contributed by atoms with van der Waals surface area (Å²) in [5.74, 6) is 1.14. The summed E-state index contributed by atoms with van der Waals surface area (Å²) in [6, 6.07) is 0. The molecule has 108 valence electrons. The molecule has 1 aliphatic carbocycles. The third-order valence-corrected chi connectivity index (χ3v) is 5.38. The topological polar surface area (TPSA) is 78.9 Å². The van der Waals surface area contributed by atoms with Gasteiger partial charge in [-0.1, -0.05) is 31.3 Å². The highest BCUT2D eigenvalue weighted by Gasteiger charge is 2.46. The Morgan fingerprint density at radius 2 is 2.11 bits per heavy atom. The fourth-order valence-corrected chi connectivity index (χ4v) is 4.15. The molecule has 1 heterocycles. The maximum atomic E-state index is 12.9. The third-order valence-electron chi connectivity index (χ3n) is 4.24. The number of amides is 1. The van der Waals surface area contributed by atoms with Gasteiger partial charge in [0.1, 0.15) is 5.41 Å². The Morgan fingerprint density at radius 3 is 2.68 bits per heavy atom. The summed E-state index contributed by atoms with van der Waals surface area (Å²) < 4.78 is 0. The van der Waals surface area contributed by atoms with Crippen molar-refractivity contribution >= 4 is 23.5 Å². The van der Waals surface area contributed by atoms with E-state index in [1.807, 2.05) is 16.7 Å². The molecule has 1 atom stereocenters. The standard InChI is InChI=1S/C13H23N3O2S/c1-10-9-16(7-8-19-10)12(17)13(11(14)15-18)5-3-2-4-6-13/h10,18H,2-9H2,1H3,(H2,14,15). The smallest absolute Gasteiger partial charge is 0.236 e. The zero-order chi connectivity index (χ0) is 13.9. The average Bonchev–Trinajstić information content (AvgIpc) is 2.46. The van der Waals surface area contributed by atoms with Gasteiger partial charge in [0.2, 0.25) is 5.91 Å². The Bertz CT molecular complexity index is 367. The lowest BCUT2D eigenvalue weighted by molar-refractivity contribution is -0.139. The van der Waals surface area contributed by atoms with Crippen molar-refractivity contribution in [3.05, 3.63) is 0 Å². The number of thioether (sulfide) groups is 1. The second-order valence-corrected chi connectivity index (χ2v) is 7.11. The van der Waals surface area contributed by atoms with Gasteiger partial charge in [-0.3, -0.25) is 4.79 Å². The summed E-state index contributed by atoms with van der Waals surface area (Å²) in [4.78, 5) is 14.8. The maximum Gasteiger partial charge on any atom is 0.236 e. The molecule has 0 spiro atoms. The molecule has 0 aromatic rings. The van der Waals surface area contributed by atoms with Gasteiger partial charge >= 0.3 is 0 Å². The van der Waals surface area contributed by atoms with E-state index < -0.39 is 5.41 Å². The SMILES string of the molecule is CC1CN(C(=O)C2(C(N)=NO)CCCCC2)CCS1. The van der Waals surface area contributed by atoms with Crippen molar-refractivity contribution in [2.75, 3.05) is 18.8 Å². The maximum absolute atomic E-state index is 12.9. The summed E-state index contributed by atoms with van der Waals surface area (Å²) >= 11 is 1.89. The molecule has 19 heavy (non-hydrogen) atoms. The number of carbonyl (C=O) groups excluding carboxylic acids is 1. The summed E-state index contributed by atoms with van der Waals surface area (Å²) in [6.45, 7) is 3.68. The van der Waals surface area contributed by atoms with Crippen LogP contribution < -0.4 is 5.73 Å². The van der Waals surface area contributed by atoms with Gasteiger partial charge in [0.25, 0.3) is 0 Å². The van der Waals surface area contributed by atoms with Crippen molar-refractivity contribution in [2.45, 2.75) is 44.3 Å². The van der Waals surface area contributed by atoms with Crippen molar-refractivity contribution in [2.24, 2.45) is 16.3 Å². The first-order valence-electron chi connectivity index (χ1n) is 6.99. The molecule has 0 radical (unpaired) electrons.